The highest BCUT2D eigenvalue weighted by atomic mass is 32.2. The summed E-state index contributed by atoms with van der Waals surface area (Å²) in [6.07, 6.45) is 27.3. The lowest BCUT2D eigenvalue weighted by molar-refractivity contribution is -0.199. The summed E-state index contributed by atoms with van der Waals surface area (Å²) in [6.45, 7) is 20.4. The molecular weight excluding hydrogens is 1330 g/mol. The number of benzene rings is 3. The van der Waals surface area contributed by atoms with Gasteiger partial charge in [0.25, 0.3) is 0 Å². The predicted octanol–water partition coefficient (Wildman–Crippen LogP) is 13.6. The third kappa shape index (κ3) is 19.3. The van der Waals surface area contributed by atoms with Crippen molar-refractivity contribution in [2.75, 3.05) is 54.3 Å². The molecule has 0 aromatic heterocycles. The fraction of sp³-hybridized carbons (Fsp3) is 0.649. The Bertz CT molecular complexity index is 3500. The minimum atomic E-state index is -4.30. The fourth-order valence-electron chi connectivity index (χ4n) is 19.0. The summed E-state index contributed by atoms with van der Waals surface area (Å²) < 4.78 is 92.8. The first-order valence-corrected chi connectivity index (χ1v) is 42.1. The lowest BCUT2D eigenvalue weighted by atomic mass is 9.49. The topological polar surface area (TPSA) is 255 Å². The molecule has 0 atom stereocenters. The number of hydrogen-bond donors (Lipinski definition) is 0. The van der Waals surface area contributed by atoms with Gasteiger partial charge in [0.05, 0.1) is 37.2 Å². The zero-order valence-electron chi connectivity index (χ0n) is 58.5. The van der Waals surface area contributed by atoms with Gasteiger partial charge in [-0.15, -0.1) is 0 Å². The largest absolute Gasteiger partial charge is 0.748 e. The van der Waals surface area contributed by atoms with Crippen molar-refractivity contribution in [2.24, 2.45) is 70.5 Å². The molecule has 12 saturated carbocycles. The minimum Gasteiger partial charge on any atom is -0.748 e. The molecule has 0 N–H and O–H groups in total. The van der Waals surface area contributed by atoms with Crippen molar-refractivity contribution in [3.8, 4) is 11.5 Å². The summed E-state index contributed by atoms with van der Waals surface area (Å²) in [7, 11) is -7.84. The van der Waals surface area contributed by atoms with Gasteiger partial charge in [0.15, 0.2) is 16.4 Å². The summed E-state index contributed by atoms with van der Waals surface area (Å²) in [5.74, 6) is 12.2. The Balaban J connectivity index is 0.000000140. The van der Waals surface area contributed by atoms with Crippen molar-refractivity contribution in [3.63, 3.8) is 0 Å². The molecular formula is C77H104O17S4. The van der Waals surface area contributed by atoms with E-state index < -0.39 is 56.9 Å². The molecule has 0 spiro atoms. The Morgan fingerprint density at radius 1 is 0.551 bits per heavy atom. The monoisotopic (exact) mass is 1430 g/mol. The van der Waals surface area contributed by atoms with Gasteiger partial charge in [-0.2, -0.15) is 0 Å². The second kappa shape index (κ2) is 32.4. The van der Waals surface area contributed by atoms with Crippen LogP contribution in [0.1, 0.15) is 174 Å². The van der Waals surface area contributed by atoms with Gasteiger partial charge in [0.2, 0.25) is 0 Å². The van der Waals surface area contributed by atoms with E-state index in [0.717, 1.165) is 88.7 Å². The zero-order chi connectivity index (χ0) is 70.4. The number of hydrogen-bond acceptors (Lipinski definition) is 17. The smallest absolute Gasteiger partial charge is 0.344 e. The van der Waals surface area contributed by atoms with Crippen LogP contribution in [0, 0.1) is 84.4 Å². The molecule has 3 aromatic rings. The van der Waals surface area contributed by atoms with E-state index in [1.807, 2.05) is 0 Å². The lowest BCUT2D eigenvalue weighted by Crippen LogP contribution is -2.58. The molecule has 17 rings (SSSR count). The van der Waals surface area contributed by atoms with Crippen LogP contribution in [0.4, 0.5) is 0 Å². The fourth-order valence-corrected chi connectivity index (χ4v) is 24.6. The van der Waals surface area contributed by atoms with E-state index in [0.29, 0.717) is 51.0 Å². The molecule has 0 amide bonds. The molecule has 2 saturated heterocycles. The summed E-state index contributed by atoms with van der Waals surface area (Å²) in [5, 5.41) is 2.41. The van der Waals surface area contributed by atoms with E-state index in [9.17, 15) is 49.9 Å². The van der Waals surface area contributed by atoms with Crippen molar-refractivity contribution in [1.82, 2.24) is 0 Å². The maximum atomic E-state index is 13.3. The van der Waals surface area contributed by atoms with Gasteiger partial charge >= 0.3 is 29.8 Å². The van der Waals surface area contributed by atoms with Crippen LogP contribution in [-0.2, 0) is 84.9 Å². The van der Waals surface area contributed by atoms with Crippen molar-refractivity contribution < 1.29 is 78.3 Å². The first kappa shape index (κ1) is 75.5. The van der Waals surface area contributed by atoms with Gasteiger partial charge in [0.1, 0.15) is 59.4 Å². The molecule has 14 fully saturated rings. The van der Waals surface area contributed by atoms with Crippen LogP contribution >= 0.6 is 0 Å². The lowest BCUT2D eigenvalue weighted by Gasteiger charge is -2.59. The van der Waals surface area contributed by atoms with Crippen molar-refractivity contribution in [1.29, 1.82) is 0 Å². The Morgan fingerprint density at radius 3 is 1.44 bits per heavy atom. The third-order valence-corrected chi connectivity index (χ3v) is 29.2. The standard InChI is InChI=1S/C26H31O3S.C24H33O2S.C15H22O2.2C6H10O5S/c27-25(29-26-19-12-17-11-18(14-19)15-20(26)13-17)16-28-23-7-8-24(30-9-3-4-10-30)22-6-2-1-5-21(22)23;1-16-8-21(27-6-4-3-5-7-27)9-17(2)22(16)26-23(25)24-13-18-10-19(14-24)12-20(11-18)15-24;1-9(2)14(16)17-15(3)12-5-10-4-11(7-12)8-13(15)6-10;2*1-5(2)6(7)11-3-4-12(8,9)10/h1-2,5-8,17-20,26H,3-4,9-16H2;8-9,18-20H,3-7,10-15H2,1-2H3;10-13H,1,4-8H2,2-3H3;2*1,3-4H2,2H3,(H,8,9,10)/q2*+1;;;/p-2. The Hall–Kier alpha value is -5.19. The van der Waals surface area contributed by atoms with Gasteiger partial charge in [-0.05, 0) is 283 Å². The van der Waals surface area contributed by atoms with Crippen LogP contribution in [0.2, 0.25) is 0 Å². The maximum Gasteiger partial charge on any atom is 0.344 e. The van der Waals surface area contributed by atoms with Gasteiger partial charge in [-0.1, -0.05) is 37.9 Å². The minimum absolute atomic E-state index is 0.0118. The number of ether oxygens (including phenoxy) is 6. The molecule has 17 nitrogen and oxygen atoms in total. The highest BCUT2D eigenvalue weighted by molar-refractivity contribution is 7.97. The van der Waals surface area contributed by atoms with Crippen LogP contribution < -0.4 is 9.47 Å². The Morgan fingerprint density at radius 2 is 0.980 bits per heavy atom. The molecule has 14 aliphatic rings. The summed E-state index contributed by atoms with van der Waals surface area (Å²) >= 11 is 0. The molecule has 12 aliphatic carbocycles. The number of aryl methyl sites for hydroxylation is 2. The molecule has 0 unspecified atom stereocenters. The summed E-state index contributed by atoms with van der Waals surface area (Å²) in [6, 6.07) is 17.4. The number of carbonyl (C=O) groups excluding carboxylic acids is 5. The van der Waals surface area contributed by atoms with Crippen LogP contribution in [0.3, 0.4) is 0 Å². The van der Waals surface area contributed by atoms with Crippen molar-refractivity contribution in [2.45, 2.75) is 198 Å². The number of fused-ring (bicyclic) bond motifs is 1. The number of carbonyl (C=O) groups is 5. The van der Waals surface area contributed by atoms with Crippen LogP contribution in [0.15, 0.2) is 94.8 Å². The van der Waals surface area contributed by atoms with Crippen LogP contribution in [0.5, 0.6) is 11.5 Å². The maximum absolute atomic E-state index is 13.3. The third-order valence-electron chi connectivity index (χ3n) is 22.9. The molecule has 538 valence electrons. The highest BCUT2D eigenvalue weighted by Crippen LogP contribution is 2.62. The van der Waals surface area contributed by atoms with E-state index in [2.05, 4.69) is 98.5 Å². The number of rotatable bonds is 18. The predicted molar refractivity (Wildman–Crippen MR) is 379 cm³/mol. The average Bonchev–Trinajstić information content (AvgIpc) is 0.949. The molecule has 21 heteroatoms. The van der Waals surface area contributed by atoms with E-state index in [1.54, 1.807) is 6.92 Å². The van der Waals surface area contributed by atoms with Crippen molar-refractivity contribution in [3.05, 3.63) is 96.1 Å². The molecule has 12 bridgehead atoms. The van der Waals surface area contributed by atoms with Crippen LogP contribution in [0.25, 0.3) is 10.8 Å². The second-order valence-corrected chi connectivity index (χ2v) is 38.4. The first-order chi connectivity index (χ1) is 46.4. The molecule has 2 aliphatic heterocycles. The van der Waals surface area contributed by atoms with Gasteiger partial charge in [-0.25, -0.2) is 36.0 Å². The molecule has 98 heavy (non-hydrogen) atoms. The quantitative estimate of drug-likeness (QED) is 0.0286. The normalized spacial score (nSPS) is 30.5. The first-order valence-electron chi connectivity index (χ1n) is 35.8. The summed E-state index contributed by atoms with van der Waals surface area (Å²) in [5.41, 5.74) is 2.79. The SMILES string of the molecule is C=C(C)C(=O)OC1(C)C2CC3CC(C2)CC1C3.C=C(C)C(=O)OCCS(=O)(=O)[O-].C=C(C)C(=O)OCCS(=O)(=O)[O-].Cc1cc([S+]2CCCCC2)cc(C)c1OC(=O)C12CC3CC(CC(C3)C1)C2.O=C(COc1ccc([S+]2CCCC2)c2ccccc12)OC1C2CC3CC(C2)CC1C3. The zero-order valence-corrected chi connectivity index (χ0v) is 61.7. The van der Waals surface area contributed by atoms with Gasteiger partial charge in [-0.3, -0.25) is 4.79 Å². The van der Waals surface area contributed by atoms with Gasteiger partial charge < -0.3 is 37.5 Å². The van der Waals surface area contributed by atoms with Gasteiger partial charge in [0, 0.05) is 49.3 Å². The Labute approximate surface area is 587 Å². The van der Waals surface area contributed by atoms with E-state index in [4.69, 9.17) is 18.9 Å². The molecule has 2 heterocycles. The average molecular weight is 1430 g/mol. The molecule has 3 aromatic carbocycles. The number of esters is 5. The Kier molecular flexibility index (Phi) is 25.0. The summed E-state index contributed by atoms with van der Waals surface area (Å²) in [4.78, 5) is 62.0. The van der Waals surface area contributed by atoms with E-state index in [-0.39, 0.29) is 52.8 Å². The van der Waals surface area contributed by atoms with E-state index >= 15 is 0 Å². The second-order valence-electron chi connectivity index (χ2n) is 30.8. The van der Waals surface area contributed by atoms with E-state index in [1.165, 1.54) is 168 Å². The highest BCUT2D eigenvalue weighted by Gasteiger charge is 2.58. The van der Waals surface area contributed by atoms with Crippen molar-refractivity contribution >= 4 is 82.6 Å². The molecule has 0 radical (unpaired) electrons. The van der Waals surface area contributed by atoms with Crippen LogP contribution in [-0.4, -0.2) is 122 Å².